The number of piperazine rings is 1. The number of aromatic nitrogens is 1. The van der Waals surface area contributed by atoms with E-state index in [2.05, 4.69) is 37.7 Å². The van der Waals surface area contributed by atoms with Crippen LogP contribution in [0.1, 0.15) is 52.7 Å². The molecule has 0 radical (unpaired) electrons. The molecule has 3 aromatic rings. The summed E-state index contributed by atoms with van der Waals surface area (Å²) < 4.78 is 45.2. The van der Waals surface area contributed by atoms with Crippen LogP contribution in [0.3, 0.4) is 0 Å². The highest BCUT2D eigenvalue weighted by Gasteiger charge is 2.46. The number of nitrogens with zero attached hydrogens (tertiary/aromatic N) is 4. The van der Waals surface area contributed by atoms with Crippen molar-refractivity contribution in [1.82, 2.24) is 19.7 Å². The van der Waals surface area contributed by atoms with Gasteiger partial charge in [0.15, 0.2) is 17.3 Å². The summed E-state index contributed by atoms with van der Waals surface area (Å²) in [5.41, 5.74) is 8.92. The summed E-state index contributed by atoms with van der Waals surface area (Å²) in [5.74, 6) is 0.384. The first-order valence-corrected chi connectivity index (χ1v) is 19.1. The Morgan fingerprint density at radius 2 is 1.85 bits per heavy atom. The van der Waals surface area contributed by atoms with Crippen LogP contribution in [0.4, 0.5) is 5.69 Å². The Hall–Kier alpha value is -5.16. The average Bonchev–Trinajstić information content (AvgIpc) is 3.51. The fourth-order valence-corrected chi connectivity index (χ4v) is 8.99. The van der Waals surface area contributed by atoms with E-state index in [0.717, 1.165) is 24.4 Å². The molecule has 6 rings (SSSR count). The molecule has 3 heterocycles. The van der Waals surface area contributed by atoms with Gasteiger partial charge in [-0.3, -0.25) is 19.4 Å². The maximum atomic E-state index is 14.9. The molecule has 3 aliphatic rings. The van der Waals surface area contributed by atoms with Crippen LogP contribution in [-0.4, -0.2) is 88.2 Å². The summed E-state index contributed by atoms with van der Waals surface area (Å²) in [5, 5.41) is 3.77. The van der Waals surface area contributed by atoms with Crippen LogP contribution in [0.25, 0.3) is 0 Å². The Morgan fingerprint density at radius 3 is 2.49 bits per heavy atom. The highest BCUT2D eigenvalue weighted by atomic mass is 32.2. The SMILES string of the molecule is C=C[C@H](C1=C=C=CC=C1)N1CCN(c2cccc3c2C(=O)N([C@@](C)(CCCNS(=O)(=O)c2c(C)noc2C)c2ccc(OC)c(OC)c2)C(=O)C3)CC1. The third-order valence-corrected chi connectivity index (χ3v) is 12.0. The van der Waals surface area contributed by atoms with Gasteiger partial charge in [0.05, 0.1) is 37.8 Å². The number of anilines is 1. The number of allylic oxidation sites excluding steroid dienone is 2. The molecule has 0 saturated carbocycles. The second-order valence-corrected chi connectivity index (χ2v) is 15.2. The van der Waals surface area contributed by atoms with Crippen molar-refractivity contribution < 1.29 is 32.0 Å². The van der Waals surface area contributed by atoms with Crippen LogP contribution in [-0.2, 0) is 26.8 Å². The van der Waals surface area contributed by atoms with Crippen LogP contribution < -0.4 is 19.1 Å². The van der Waals surface area contributed by atoms with Crippen LogP contribution in [0.2, 0.25) is 0 Å². The number of hydrogen-bond acceptors (Lipinski definition) is 10. The molecule has 13 heteroatoms. The maximum Gasteiger partial charge on any atom is 0.263 e. The standard InChI is InChI=1S/C40H45N5O7S/c1-7-32(29-13-9-8-10-14-29)43-21-23-44(24-22-43)33-16-11-15-30-25-36(46)45(39(47)37(30)33)40(4,31-17-18-34(50-5)35(26-31)51-6)19-12-20-41-53(48,49)38-27(2)42-52-28(38)3/h7-9,11,13,15-18,26,32,41H,1,12,19-25H2,2-6H3/t32-,40+/m1/s1. The molecule has 1 N–H and O–H groups in total. The first-order valence-electron chi connectivity index (χ1n) is 17.6. The fraction of sp³-hybridized carbons (Fsp3) is 0.375. The van der Waals surface area contributed by atoms with E-state index in [-0.39, 0.29) is 47.7 Å². The molecule has 278 valence electrons. The van der Waals surface area contributed by atoms with E-state index >= 15 is 0 Å². The number of carbonyl (C=O) groups is 2. The van der Waals surface area contributed by atoms with E-state index in [4.69, 9.17) is 14.0 Å². The molecule has 53 heavy (non-hydrogen) atoms. The number of carbonyl (C=O) groups excluding carboxylic acids is 2. The predicted molar refractivity (Wildman–Crippen MR) is 201 cm³/mol. The van der Waals surface area contributed by atoms with E-state index in [1.165, 1.54) is 19.1 Å². The molecule has 2 aliphatic heterocycles. The van der Waals surface area contributed by atoms with Gasteiger partial charge in [-0.05, 0) is 75.1 Å². The van der Waals surface area contributed by atoms with Crippen molar-refractivity contribution in [3.05, 3.63) is 112 Å². The molecular formula is C40H45N5O7S. The molecule has 2 aromatic carbocycles. The Balaban J connectivity index is 1.29. The van der Waals surface area contributed by atoms with Gasteiger partial charge in [0, 0.05) is 44.0 Å². The number of ether oxygens (including phenoxy) is 2. The first kappa shape index (κ1) is 37.6. The van der Waals surface area contributed by atoms with Gasteiger partial charge in [-0.1, -0.05) is 47.0 Å². The fourth-order valence-electron chi connectivity index (χ4n) is 7.59. The van der Waals surface area contributed by atoms with Crippen LogP contribution in [0, 0.1) is 13.8 Å². The van der Waals surface area contributed by atoms with E-state index in [9.17, 15) is 18.0 Å². The molecule has 0 bridgehead atoms. The average molecular weight is 740 g/mol. The summed E-state index contributed by atoms with van der Waals surface area (Å²) in [6.07, 6.45) is 8.29. The van der Waals surface area contributed by atoms with Crippen molar-refractivity contribution in [3.8, 4) is 11.5 Å². The van der Waals surface area contributed by atoms with E-state index in [0.29, 0.717) is 47.7 Å². The topological polar surface area (TPSA) is 135 Å². The second-order valence-electron chi connectivity index (χ2n) is 13.5. The van der Waals surface area contributed by atoms with Crippen molar-refractivity contribution in [2.75, 3.05) is 51.8 Å². The van der Waals surface area contributed by atoms with Gasteiger partial charge < -0.3 is 18.9 Å². The number of aryl methyl sites for hydroxylation is 2. The minimum atomic E-state index is -3.92. The monoisotopic (exact) mass is 739 g/mol. The zero-order chi connectivity index (χ0) is 37.9. The lowest BCUT2D eigenvalue weighted by Crippen LogP contribution is -2.55. The zero-order valence-corrected chi connectivity index (χ0v) is 31.6. The third kappa shape index (κ3) is 7.27. The van der Waals surface area contributed by atoms with Crippen molar-refractivity contribution in [2.45, 2.75) is 56.5 Å². The number of fused-ring (bicyclic) bond motifs is 1. The largest absolute Gasteiger partial charge is 0.493 e. The Labute approximate surface area is 310 Å². The number of benzene rings is 2. The summed E-state index contributed by atoms with van der Waals surface area (Å²) in [6, 6.07) is 11.0. The smallest absolute Gasteiger partial charge is 0.263 e. The van der Waals surface area contributed by atoms with Gasteiger partial charge >= 0.3 is 0 Å². The van der Waals surface area contributed by atoms with Crippen molar-refractivity contribution in [1.29, 1.82) is 0 Å². The quantitative estimate of drug-likeness (QED) is 0.104. The van der Waals surface area contributed by atoms with Crippen molar-refractivity contribution in [2.24, 2.45) is 0 Å². The number of hydrogen-bond donors (Lipinski definition) is 1. The van der Waals surface area contributed by atoms with Gasteiger partial charge in [-0.15, -0.1) is 6.58 Å². The van der Waals surface area contributed by atoms with E-state index in [1.54, 1.807) is 26.0 Å². The summed E-state index contributed by atoms with van der Waals surface area (Å²) in [4.78, 5) is 34.9. The number of imide groups is 1. The minimum absolute atomic E-state index is 0.00317. The van der Waals surface area contributed by atoms with Gasteiger partial charge in [-0.25, -0.2) is 13.1 Å². The van der Waals surface area contributed by atoms with Crippen LogP contribution in [0.15, 0.2) is 93.7 Å². The highest BCUT2D eigenvalue weighted by molar-refractivity contribution is 7.89. The van der Waals surface area contributed by atoms with Gasteiger partial charge in [0.1, 0.15) is 10.6 Å². The molecule has 2 atom stereocenters. The molecule has 1 aromatic heterocycles. The maximum absolute atomic E-state index is 14.9. The number of rotatable bonds is 14. The summed E-state index contributed by atoms with van der Waals surface area (Å²) >= 11 is 0. The van der Waals surface area contributed by atoms with Crippen molar-refractivity contribution in [3.63, 3.8) is 0 Å². The van der Waals surface area contributed by atoms with E-state index < -0.39 is 21.5 Å². The van der Waals surface area contributed by atoms with Gasteiger partial charge in [-0.2, -0.15) is 0 Å². The number of nitrogens with one attached hydrogen (secondary N) is 1. The van der Waals surface area contributed by atoms with Crippen LogP contribution >= 0.6 is 0 Å². The zero-order valence-electron chi connectivity index (χ0n) is 30.8. The third-order valence-electron chi connectivity index (χ3n) is 10.3. The Morgan fingerprint density at radius 1 is 1.09 bits per heavy atom. The minimum Gasteiger partial charge on any atom is -0.493 e. The van der Waals surface area contributed by atoms with Crippen LogP contribution in [0.5, 0.6) is 11.5 Å². The molecule has 1 aliphatic carbocycles. The molecule has 0 spiro atoms. The first-order chi connectivity index (χ1) is 25.4. The Kier molecular flexibility index (Phi) is 11.0. The lowest BCUT2D eigenvalue weighted by Gasteiger charge is -2.44. The molecule has 0 unspecified atom stereocenters. The molecule has 2 amide bonds. The molecule has 1 saturated heterocycles. The number of sulfonamides is 1. The van der Waals surface area contributed by atoms with Gasteiger partial charge in [0.25, 0.3) is 5.91 Å². The molecule has 12 nitrogen and oxygen atoms in total. The second kappa shape index (κ2) is 15.4. The summed E-state index contributed by atoms with van der Waals surface area (Å²) in [7, 11) is -0.861. The molecule has 1 fully saturated rings. The Bertz CT molecular complexity index is 2150. The van der Waals surface area contributed by atoms with Gasteiger partial charge in [0.2, 0.25) is 15.9 Å². The lowest BCUT2D eigenvalue weighted by atomic mass is 9.82. The lowest BCUT2D eigenvalue weighted by molar-refractivity contribution is -0.133. The summed E-state index contributed by atoms with van der Waals surface area (Å²) in [6.45, 7) is 11.9. The normalized spacial score (nSPS) is 17.7. The van der Waals surface area contributed by atoms with E-state index in [1.807, 2.05) is 55.5 Å². The highest BCUT2D eigenvalue weighted by Crippen LogP contribution is 2.42. The molecular weight excluding hydrogens is 695 g/mol. The number of amides is 2. The predicted octanol–water partition coefficient (Wildman–Crippen LogP) is 4.99. The number of methoxy groups -OCH3 is 2. The van der Waals surface area contributed by atoms with Crippen molar-refractivity contribution >= 4 is 27.5 Å².